The Morgan fingerprint density at radius 3 is 2.31 bits per heavy atom. The monoisotopic (exact) mass is 214 g/mol. The zero-order valence-electron chi connectivity index (χ0n) is 10.7. The minimum Gasteiger partial charge on any atom is -0.0842 e. The summed E-state index contributed by atoms with van der Waals surface area (Å²) in [4.78, 5) is 0. The van der Waals surface area contributed by atoms with E-state index < -0.39 is 0 Å². The standard InChI is InChI=1S/C14H16.C2H6/c1-12-7-9-14(10-8-12)11-13-5-3-2-4-6-13;1-2/h2-3,5,7-10H,4,6,11H2,1H3;1-2H3. The first kappa shape index (κ1) is 12.8. The van der Waals surface area contributed by atoms with Gasteiger partial charge in [0.25, 0.3) is 0 Å². The molecule has 0 spiro atoms. The molecule has 0 aliphatic heterocycles. The molecule has 0 heterocycles. The predicted molar refractivity (Wildman–Crippen MR) is 72.7 cm³/mol. The van der Waals surface area contributed by atoms with Crippen LogP contribution in [0.2, 0.25) is 0 Å². The summed E-state index contributed by atoms with van der Waals surface area (Å²) in [5, 5.41) is 0. The topological polar surface area (TPSA) is 0 Å². The molecule has 1 aromatic carbocycles. The normalized spacial score (nSPS) is 13.8. The lowest BCUT2D eigenvalue weighted by Crippen LogP contribution is -1.93. The number of hydrogen-bond acceptors (Lipinski definition) is 0. The fourth-order valence-corrected chi connectivity index (χ4v) is 1.77. The van der Waals surface area contributed by atoms with Crippen molar-refractivity contribution < 1.29 is 0 Å². The van der Waals surface area contributed by atoms with Crippen molar-refractivity contribution in [3.05, 3.63) is 59.2 Å². The van der Waals surface area contributed by atoms with Gasteiger partial charge in [-0.2, -0.15) is 0 Å². The van der Waals surface area contributed by atoms with Crippen LogP contribution in [0.15, 0.2) is 48.1 Å². The lowest BCUT2D eigenvalue weighted by atomic mass is 9.97. The second-order valence-electron chi connectivity index (χ2n) is 3.95. The Balaban J connectivity index is 0.000000606. The maximum Gasteiger partial charge on any atom is -0.00639 e. The minimum atomic E-state index is 1.12. The van der Waals surface area contributed by atoms with E-state index in [1.807, 2.05) is 13.8 Å². The van der Waals surface area contributed by atoms with E-state index in [-0.39, 0.29) is 0 Å². The minimum absolute atomic E-state index is 1.12. The average Bonchev–Trinajstić information content (AvgIpc) is 2.36. The Bertz CT molecular complexity index is 352. The van der Waals surface area contributed by atoms with E-state index in [2.05, 4.69) is 49.4 Å². The molecule has 1 aromatic rings. The average molecular weight is 214 g/mol. The Morgan fingerprint density at radius 2 is 1.75 bits per heavy atom. The SMILES string of the molecule is CC.Cc1ccc(CC2=CC=CCC2)cc1. The summed E-state index contributed by atoms with van der Waals surface area (Å²) < 4.78 is 0. The number of benzene rings is 1. The highest BCUT2D eigenvalue weighted by Gasteiger charge is 2.00. The molecule has 0 heteroatoms. The number of aryl methyl sites for hydroxylation is 1. The summed E-state index contributed by atoms with van der Waals surface area (Å²) in [6, 6.07) is 8.84. The summed E-state index contributed by atoms with van der Waals surface area (Å²) in [7, 11) is 0. The Labute approximate surface area is 99.7 Å². The molecule has 0 N–H and O–H groups in total. The molecule has 16 heavy (non-hydrogen) atoms. The van der Waals surface area contributed by atoms with Gasteiger partial charge in [0.1, 0.15) is 0 Å². The molecule has 86 valence electrons. The first-order valence-corrected chi connectivity index (χ1v) is 6.25. The zero-order chi connectivity index (χ0) is 11.8. The van der Waals surface area contributed by atoms with E-state index >= 15 is 0 Å². The van der Waals surface area contributed by atoms with E-state index in [9.17, 15) is 0 Å². The first-order valence-electron chi connectivity index (χ1n) is 6.25. The maximum absolute atomic E-state index is 2.25. The van der Waals surface area contributed by atoms with E-state index in [0.29, 0.717) is 0 Å². The smallest absolute Gasteiger partial charge is 0.00639 e. The Hall–Kier alpha value is -1.30. The van der Waals surface area contributed by atoms with Crippen molar-refractivity contribution in [1.29, 1.82) is 0 Å². The summed E-state index contributed by atoms with van der Waals surface area (Å²) in [6.45, 7) is 6.13. The van der Waals surface area contributed by atoms with Crippen LogP contribution in [-0.2, 0) is 6.42 Å². The zero-order valence-corrected chi connectivity index (χ0v) is 10.7. The predicted octanol–water partition coefficient (Wildman–Crippen LogP) is 4.84. The summed E-state index contributed by atoms with van der Waals surface area (Å²) >= 11 is 0. The van der Waals surface area contributed by atoms with Gasteiger partial charge in [-0.1, -0.05) is 67.5 Å². The van der Waals surface area contributed by atoms with Crippen LogP contribution < -0.4 is 0 Å². The molecular weight excluding hydrogens is 192 g/mol. The number of hydrogen-bond donors (Lipinski definition) is 0. The molecule has 1 aliphatic carbocycles. The largest absolute Gasteiger partial charge is 0.0842 e. The van der Waals surface area contributed by atoms with Crippen molar-refractivity contribution in [2.45, 2.75) is 40.0 Å². The van der Waals surface area contributed by atoms with Gasteiger partial charge in [0.15, 0.2) is 0 Å². The molecule has 0 fully saturated rings. The van der Waals surface area contributed by atoms with Crippen molar-refractivity contribution >= 4 is 0 Å². The van der Waals surface area contributed by atoms with Crippen LogP contribution in [-0.4, -0.2) is 0 Å². The highest BCUT2D eigenvalue weighted by Crippen LogP contribution is 2.17. The van der Waals surface area contributed by atoms with Gasteiger partial charge in [-0.3, -0.25) is 0 Å². The molecule has 0 aromatic heterocycles. The second-order valence-corrected chi connectivity index (χ2v) is 3.95. The first-order chi connectivity index (χ1) is 7.84. The molecule has 2 rings (SSSR count). The highest BCUT2D eigenvalue weighted by atomic mass is 14.1. The van der Waals surface area contributed by atoms with Crippen LogP contribution in [0, 0.1) is 6.92 Å². The Morgan fingerprint density at radius 1 is 1.06 bits per heavy atom. The lowest BCUT2D eigenvalue weighted by molar-refractivity contribution is 0.911. The highest BCUT2D eigenvalue weighted by molar-refractivity contribution is 5.28. The van der Waals surface area contributed by atoms with Crippen molar-refractivity contribution in [1.82, 2.24) is 0 Å². The molecular formula is C16H22. The van der Waals surface area contributed by atoms with Crippen molar-refractivity contribution in [3.8, 4) is 0 Å². The second kappa shape index (κ2) is 7.05. The van der Waals surface area contributed by atoms with Crippen molar-refractivity contribution in [2.24, 2.45) is 0 Å². The molecule has 0 saturated carbocycles. The van der Waals surface area contributed by atoms with E-state index in [4.69, 9.17) is 0 Å². The van der Waals surface area contributed by atoms with E-state index in [1.165, 1.54) is 24.0 Å². The molecule has 0 bridgehead atoms. The van der Waals surface area contributed by atoms with Crippen LogP contribution in [0.5, 0.6) is 0 Å². The van der Waals surface area contributed by atoms with Crippen LogP contribution in [0.1, 0.15) is 37.8 Å². The van der Waals surface area contributed by atoms with Gasteiger partial charge in [0, 0.05) is 0 Å². The van der Waals surface area contributed by atoms with Gasteiger partial charge < -0.3 is 0 Å². The molecule has 0 atom stereocenters. The van der Waals surface area contributed by atoms with Crippen molar-refractivity contribution in [3.63, 3.8) is 0 Å². The van der Waals surface area contributed by atoms with Crippen molar-refractivity contribution in [2.75, 3.05) is 0 Å². The van der Waals surface area contributed by atoms with Gasteiger partial charge in [-0.05, 0) is 31.7 Å². The van der Waals surface area contributed by atoms with Crippen LogP contribution in [0.25, 0.3) is 0 Å². The van der Waals surface area contributed by atoms with Gasteiger partial charge in [-0.15, -0.1) is 0 Å². The van der Waals surface area contributed by atoms with E-state index in [0.717, 1.165) is 6.42 Å². The van der Waals surface area contributed by atoms with Gasteiger partial charge in [0.2, 0.25) is 0 Å². The van der Waals surface area contributed by atoms with Crippen LogP contribution in [0.3, 0.4) is 0 Å². The quantitative estimate of drug-likeness (QED) is 0.661. The number of rotatable bonds is 2. The maximum atomic E-state index is 2.25. The fraction of sp³-hybridized carbons (Fsp3) is 0.375. The lowest BCUT2D eigenvalue weighted by Gasteiger charge is -2.08. The van der Waals surface area contributed by atoms with Gasteiger partial charge in [-0.25, -0.2) is 0 Å². The molecule has 1 aliphatic rings. The third-order valence-electron chi connectivity index (χ3n) is 2.65. The van der Waals surface area contributed by atoms with Crippen LogP contribution in [0.4, 0.5) is 0 Å². The van der Waals surface area contributed by atoms with Gasteiger partial charge >= 0.3 is 0 Å². The van der Waals surface area contributed by atoms with E-state index in [1.54, 1.807) is 5.57 Å². The molecule has 0 nitrogen and oxygen atoms in total. The molecule has 0 radical (unpaired) electrons. The van der Waals surface area contributed by atoms with Gasteiger partial charge in [0.05, 0.1) is 0 Å². The summed E-state index contributed by atoms with van der Waals surface area (Å²) in [5.41, 5.74) is 4.32. The third kappa shape index (κ3) is 4.06. The molecule has 0 unspecified atom stereocenters. The third-order valence-corrected chi connectivity index (χ3v) is 2.65. The Kier molecular flexibility index (Phi) is 5.63. The molecule has 0 saturated heterocycles. The summed E-state index contributed by atoms with van der Waals surface area (Å²) in [5.74, 6) is 0. The fourth-order valence-electron chi connectivity index (χ4n) is 1.77. The number of allylic oxidation sites excluding steroid dienone is 4. The molecule has 0 amide bonds. The summed E-state index contributed by atoms with van der Waals surface area (Å²) in [6.07, 6.45) is 10.2. The van der Waals surface area contributed by atoms with Crippen LogP contribution >= 0.6 is 0 Å².